The third kappa shape index (κ3) is 3.02. The lowest BCUT2D eigenvalue weighted by Gasteiger charge is -2.08. The molecule has 126 valence electrons. The predicted octanol–water partition coefficient (Wildman–Crippen LogP) is 3.74. The van der Waals surface area contributed by atoms with Crippen LogP contribution < -0.4 is 4.74 Å². The van der Waals surface area contributed by atoms with Gasteiger partial charge in [0.05, 0.1) is 24.3 Å². The van der Waals surface area contributed by atoms with E-state index in [1.807, 2.05) is 30.3 Å². The monoisotopic (exact) mass is 355 g/mol. The van der Waals surface area contributed by atoms with E-state index in [-0.39, 0.29) is 18.0 Å². The third-order valence-corrected chi connectivity index (χ3v) is 3.98. The summed E-state index contributed by atoms with van der Waals surface area (Å²) >= 11 is 6.33. The molecule has 0 aliphatic rings. The Morgan fingerprint density at radius 2 is 2.08 bits per heavy atom. The molecule has 0 bridgehead atoms. The van der Waals surface area contributed by atoms with Crippen molar-refractivity contribution in [3.63, 3.8) is 0 Å². The topological polar surface area (TPSA) is 77.1 Å². The van der Waals surface area contributed by atoms with Crippen molar-refractivity contribution in [1.82, 2.24) is 9.55 Å². The molecule has 0 saturated heterocycles. The Morgan fingerprint density at radius 3 is 2.68 bits per heavy atom. The molecule has 2 heterocycles. The first kappa shape index (κ1) is 16.8. The van der Waals surface area contributed by atoms with E-state index in [9.17, 15) is 10.1 Å². The predicted molar refractivity (Wildman–Crippen MR) is 93.3 cm³/mol. The Balaban J connectivity index is 2.21. The zero-order valence-electron chi connectivity index (χ0n) is 13.6. The number of benzene rings is 1. The van der Waals surface area contributed by atoms with Crippen LogP contribution in [-0.2, 0) is 4.74 Å². The molecule has 1 aromatic carbocycles. The van der Waals surface area contributed by atoms with Crippen molar-refractivity contribution >= 4 is 28.5 Å². The number of nitriles is 1. The number of aromatic nitrogens is 2. The Morgan fingerprint density at radius 1 is 1.36 bits per heavy atom. The smallest absolute Gasteiger partial charge is 0.356 e. The molecule has 0 N–H and O–H groups in total. The van der Waals surface area contributed by atoms with E-state index in [0.29, 0.717) is 15.9 Å². The molecule has 0 fully saturated rings. The van der Waals surface area contributed by atoms with E-state index >= 15 is 0 Å². The molecular formula is C18H14ClN3O3. The second kappa shape index (κ2) is 6.83. The average Bonchev–Trinajstić information content (AvgIpc) is 2.98. The fraction of sp³-hybridized carbons (Fsp3) is 0.167. The van der Waals surface area contributed by atoms with E-state index in [2.05, 4.69) is 4.98 Å². The van der Waals surface area contributed by atoms with Gasteiger partial charge in [-0.15, -0.1) is 0 Å². The van der Waals surface area contributed by atoms with Crippen LogP contribution >= 0.6 is 11.6 Å². The van der Waals surface area contributed by atoms with Crippen LogP contribution in [0.3, 0.4) is 0 Å². The fourth-order valence-electron chi connectivity index (χ4n) is 2.55. The van der Waals surface area contributed by atoms with E-state index in [1.54, 1.807) is 24.8 Å². The maximum Gasteiger partial charge on any atom is 0.356 e. The van der Waals surface area contributed by atoms with Crippen molar-refractivity contribution in [2.75, 3.05) is 13.7 Å². The van der Waals surface area contributed by atoms with Gasteiger partial charge >= 0.3 is 5.97 Å². The number of hydrogen-bond donors (Lipinski definition) is 0. The fourth-order valence-corrected chi connectivity index (χ4v) is 2.79. The number of carbonyl (C=O) groups excluding carboxylic acids is 1. The highest BCUT2D eigenvalue weighted by Gasteiger charge is 2.19. The number of esters is 1. The molecule has 0 aliphatic heterocycles. The van der Waals surface area contributed by atoms with Gasteiger partial charge in [0.2, 0.25) is 0 Å². The molecule has 0 unspecified atom stereocenters. The first-order valence-electron chi connectivity index (χ1n) is 7.52. The van der Waals surface area contributed by atoms with Crippen LogP contribution in [0.1, 0.15) is 23.1 Å². The van der Waals surface area contributed by atoms with Crippen LogP contribution in [0, 0.1) is 11.3 Å². The Hall–Kier alpha value is -3.04. The van der Waals surface area contributed by atoms with Crippen LogP contribution in [0.2, 0.25) is 5.02 Å². The van der Waals surface area contributed by atoms with Gasteiger partial charge in [-0.2, -0.15) is 5.26 Å². The second-order valence-corrected chi connectivity index (χ2v) is 5.54. The number of ether oxygens (including phenoxy) is 2. The highest BCUT2D eigenvalue weighted by atomic mass is 35.5. The lowest BCUT2D eigenvalue weighted by atomic mass is 10.2. The summed E-state index contributed by atoms with van der Waals surface area (Å²) < 4.78 is 11.9. The molecule has 0 spiro atoms. The van der Waals surface area contributed by atoms with Gasteiger partial charge in [0.15, 0.2) is 11.4 Å². The van der Waals surface area contributed by atoms with Crippen LogP contribution in [0.15, 0.2) is 36.5 Å². The van der Waals surface area contributed by atoms with Gasteiger partial charge in [-0.3, -0.25) is 0 Å². The molecule has 0 aliphatic carbocycles. The molecule has 2 aromatic heterocycles. The van der Waals surface area contributed by atoms with E-state index in [4.69, 9.17) is 21.1 Å². The number of rotatable bonds is 4. The van der Waals surface area contributed by atoms with Crippen molar-refractivity contribution in [3.8, 4) is 17.5 Å². The summed E-state index contributed by atoms with van der Waals surface area (Å²) in [6.45, 7) is 1.93. The van der Waals surface area contributed by atoms with Crippen LogP contribution in [-0.4, -0.2) is 29.2 Å². The minimum Gasteiger partial charge on any atom is -0.497 e. The number of nitrogens with zero attached hydrogens (tertiary/aromatic N) is 3. The maximum atomic E-state index is 12.0. The molecule has 0 atom stereocenters. The first-order valence-corrected chi connectivity index (χ1v) is 7.90. The minimum atomic E-state index is -0.589. The van der Waals surface area contributed by atoms with Gasteiger partial charge in [-0.1, -0.05) is 11.6 Å². The molecule has 7 heteroatoms. The Labute approximate surface area is 149 Å². The van der Waals surface area contributed by atoms with Crippen molar-refractivity contribution < 1.29 is 14.3 Å². The summed E-state index contributed by atoms with van der Waals surface area (Å²) in [5.41, 5.74) is 1.48. The van der Waals surface area contributed by atoms with E-state index in [0.717, 1.165) is 11.4 Å². The van der Waals surface area contributed by atoms with Crippen molar-refractivity contribution in [2.45, 2.75) is 6.92 Å². The van der Waals surface area contributed by atoms with Gasteiger partial charge in [0.1, 0.15) is 11.8 Å². The summed E-state index contributed by atoms with van der Waals surface area (Å²) in [6.07, 6.45) is 1.69. The average molecular weight is 356 g/mol. The maximum absolute atomic E-state index is 12.0. The second-order valence-electron chi connectivity index (χ2n) is 5.13. The molecule has 6 nitrogen and oxygen atoms in total. The van der Waals surface area contributed by atoms with Crippen LogP contribution in [0.25, 0.3) is 16.6 Å². The zero-order valence-corrected chi connectivity index (χ0v) is 14.4. The molecule has 3 rings (SSSR count). The highest BCUT2D eigenvalue weighted by molar-refractivity contribution is 6.36. The Bertz CT molecular complexity index is 987. The summed E-state index contributed by atoms with van der Waals surface area (Å²) in [6, 6.07) is 10.9. The Kier molecular flexibility index (Phi) is 4.59. The number of fused-ring (bicyclic) bond motifs is 1. The standard InChI is InChI=1S/C18H14ClN3O3/c1-3-25-18(23)15-8-13-14(19)10-22(17(13)16(9-20)21-15)11-4-6-12(24-2)7-5-11/h4-8,10H,3H2,1-2H3. The quantitative estimate of drug-likeness (QED) is 0.666. The van der Waals surface area contributed by atoms with Gasteiger partial charge in [-0.25, -0.2) is 9.78 Å². The van der Waals surface area contributed by atoms with Gasteiger partial charge < -0.3 is 14.0 Å². The molecule has 0 saturated carbocycles. The SMILES string of the molecule is CCOC(=O)c1cc2c(Cl)cn(-c3ccc(OC)cc3)c2c(C#N)n1. The van der Waals surface area contributed by atoms with Gasteiger partial charge in [0, 0.05) is 17.3 Å². The van der Waals surface area contributed by atoms with Gasteiger partial charge in [-0.05, 0) is 37.3 Å². The van der Waals surface area contributed by atoms with E-state index < -0.39 is 5.97 Å². The van der Waals surface area contributed by atoms with Crippen molar-refractivity contribution in [1.29, 1.82) is 5.26 Å². The number of carbonyl (C=O) groups is 1. The molecule has 25 heavy (non-hydrogen) atoms. The number of hydrogen-bond acceptors (Lipinski definition) is 5. The van der Waals surface area contributed by atoms with Crippen molar-refractivity contribution in [3.05, 3.63) is 52.9 Å². The summed E-state index contributed by atoms with van der Waals surface area (Å²) in [5, 5.41) is 10.5. The summed E-state index contributed by atoms with van der Waals surface area (Å²) in [5.74, 6) is 0.128. The van der Waals surface area contributed by atoms with Gasteiger partial charge in [0.25, 0.3) is 0 Å². The lowest BCUT2D eigenvalue weighted by molar-refractivity contribution is 0.0519. The first-order chi connectivity index (χ1) is 12.1. The molecule has 0 amide bonds. The zero-order chi connectivity index (χ0) is 18.0. The number of pyridine rings is 1. The summed E-state index contributed by atoms with van der Waals surface area (Å²) in [4.78, 5) is 16.1. The largest absolute Gasteiger partial charge is 0.497 e. The van der Waals surface area contributed by atoms with E-state index in [1.165, 1.54) is 6.07 Å². The number of halogens is 1. The van der Waals surface area contributed by atoms with Crippen LogP contribution in [0.4, 0.5) is 0 Å². The van der Waals surface area contributed by atoms with Crippen molar-refractivity contribution in [2.24, 2.45) is 0 Å². The third-order valence-electron chi connectivity index (χ3n) is 3.67. The lowest BCUT2D eigenvalue weighted by Crippen LogP contribution is -2.08. The summed E-state index contributed by atoms with van der Waals surface area (Å²) in [7, 11) is 1.59. The minimum absolute atomic E-state index is 0.0558. The molecule has 0 radical (unpaired) electrons. The molecular weight excluding hydrogens is 342 g/mol. The van der Waals surface area contributed by atoms with Crippen LogP contribution in [0.5, 0.6) is 5.75 Å². The molecule has 3 aromatic rings. The number of methoxy groups -OCH3 is 1. The normalized spacial score (nSPS) is 10.5. The highest BCUT2D eigenvalue weighted by Crippen LogP contribution is 2.31.